The third-order valence-corrected chi connectivity index (χ3v) is 4.37. The fraction of sp³-hybridized carbons (Fsp3) is 0.300. The summed E-state index contributed by atoms with van der Waals surface area (Å²) in [6, 6.07) is 7.68. The summed E-state index contributed by atoms with van der Waals surface area (Å²) in [6.07, 6.45) is 2.49. The first-order valence-electron chi connectivity index (χ1n) is 8.74. The van der Waals surface area contributed by atoms with E-state index in [0.29, 0.717) is 0 Å². The first-order valence-corrected chi connectivity index (χ1v) is 8.74. The topological polar surface area (TPSA) is 110 Å². The molecule has 2 rings (SSSR count). The maximum absolute atomic E-state index is 12.6. The Kier molecular flexibility index (Phi) is 6.55. The van der Waals surface area contributed by atoms with Crippen molar-refractivity contribution in [3.8, 4) is 11.8 Å². The van der Waals surface area contributed by atoms with Crippen molar-refractivity contribution >= 4 is 23.4 Å². The molecule has 0 radical (unpaired) electrons. The molecule has 1 aromatic carbocycles. The molecular formula is C20H22N4O4. The number of hydrogen-bond donors (Lipinski definition) is 1. The van der Waals surface area contributed by atoms with Gasteiger partial charge in [0.25, 0.3) is 11.6 Å². The van der Waals surface area contributed by atoms with E-state index in [1.54, 1.807) is 0 Å². The summed E-state index contributed by atoms with van der Waals surface area (Å²) in [5.41, 5.74) is 2.62. The minimum Gasteiger partial charge on any atom is -0.495 e. The van der Waals surface area contributed by atoms with E-state index in [2.05, 4.69) is 16.8 Å². The summed E-state index contributed by atoms with van der Waals surface area (Å²) in [5, 5.41) is 23.0. The number of nitro benzene ring substituents is 1. The van der Waals surface area contributed by atoms with Crippen molar-refractivity contribution in [1.82, 2.24) is 4.57 Å². The normalized spacial score (nSPS) is 11.0. The second-order valence-corrected chi connectivity index (χ2v) is 6.24. The quantitative estimate of drug-likeness (QED) is 0.337. The molecule has 1 aromatic heterocycles. The molecule has 0 bridgehead atoms. The molecule has 0 fully saturated rings. The molecule has 8 nitrogen and oxygen atoms in total. The molecule has 28 heavy (non-hydrogen) atoms. The number of amides is 1. The lowest BCUT2D eigenvalue weighted by Gasteiger charge is -2.09. The van der Waals surface area contributed by atoms with Crippen LogP contribution in [0.1, 0.15) is 30.3 Å². The fourth-order valence-corrected chi connectivity index (χ4v) is 2.94. The van der Waals surface area contributed by atoms with E-state index >= 15 is 0 Å². The summed E-state index contributed by atoms with van der Waals surface area (Å²) in [4.78, 5) is 23.0. The van der Waals surface area contributed by atoms with Crippen LogP contribution in [0.4, 0.5) is 11.4 Å². The maximum Gasteiger partial charge on any atom is 0.271 e. The van der Waals surface area contributed by atoms with Crippen LogP contribution in [-0.4, -0.2) is 22.5 Å². The number of ether oxygens (including phenoxy) is 1. The predicted octanol–water partition coefficient (Wildman–Crippen LogP) is 3.98. The average Bonchev–Trinajstić information content (AvgIpc) is 2.93. The largest absolute Gasteiger partial charge is 0.495 e. The minimum atomic E-state index is -0.665. The monoisotopic (exact) mass is 382 g/mol. The van der Waals surface area contributed by atoms with Gasteiger partial charge in [0.2, 0.25) is 0 Å². The molecular weight excluding hydrogens is 360 g/mol. The van der Waals surface area contributed by atoms with Gasteiger partial charge in [-0.1, -0.05) is 6.92 Å². The molecule has 0 saturated heterocycles. The van der Waals surface area contributed by atoms with Crippen LogP contribution in [0.25, 0.3) is 6.08 Å². The van der Waals surface area contributed by atoms with E-state index < -0.39 is 10.8 Å². The van der Waals surface area contributed by atoms with Gasteiger partial charge in [0.1, 0.15) is 17.4 Å². The van der Waals surface area contributed by atoms with Gasteiger partial charge in [-0.25, -0.2) is 0 Å². The Morgan fingerprint density at radius 1 is 1.39 bits per heavy atom. The number of nitriles is 1. The van der Waals surface area contributed by atoms with Crippen LogP contribution in [0, 0.1) is 35.3 Å². The summed E-state index contributed by atoms with van der Waals surface area (Å²) in [5.74, 6) is -0.404. The number of nitrogens with zero attached hydrogens (tertiary/aromatic N) is 3. The molecule has 8 heteroatoms. The molecule has 0 atom stereocenters. The van der Waals surface area contributed by atoms with Gasteiger partial charge in [-0.05, 0) is 44.0 Å². The van der Waals surface area contributed by atoms with Crippen LogP contribution < -0.4 is 10.1 Å². The van der Waals surface area contributed by atoms with Gasteiger partial charge < -0.3 is 14.6 Å². The molecule has 146 valence electrons. The number of carbonyl (C=O) groups excluding carboxylic acids is 1. The van der Waals surface area contributed by atoms with Crippen molar-refractivity contribution in [2.45, 2.75) is 33.7 Å². The molecule has 1 N–H and O–H groups in total. The summed E-state index contributed by atoms with van der Waals surface area (Å²) < 4.78 is 7.26. The van der Waals surface area contributed by atoms with Crippen LogP contribution >= 0.6 is 0 Å². The number of non-ortho nitro benzene ring substituents is 1. The lowest BCUT2D eigenvalue weighted by Crippen LogP contribution is -2.14. The van der Waals surface area contributed by atoms with Crippen molar-refractivity contribution in [1.29, 1.82) is 5.26 Å². The molecule has 0 saturated carbocycles. The Hall–Kier alpha value is -3.60. The van der Waals surface area contributed by atoms with Gasteiger partial charge in [-0.3, -0.25) is 14.9 Å². The Morgan fingerprint density at radius 3 is 2.68 bits per heavy atom. The third kappa shape index (κ3) is 4.38. The highest BCUT2D eigenvalue weighted by Crippen LogP contribution is 2.29. The number of anilines is 1. The first-order chi connectivity index (χ1) is 13.3. The first kappa shape index (κ1) is 20.7. The molecule has 0 unspecified atom stereocenters. The molecule has 0 spiro atoms. The molecule has 0 aliphatic heterocycles. The molecule has 2 aromatic rings. The van der Waals surface area contributed by atoms with Crippen LogP contribution in [-0.2, 0) is 11.3 Å². The van der Waals surface area contributed by atoms with Gasteiger partial charge >= 0.3 is 0 Å². The Morgan fingerprint density at radius 2 is 2.11 bits per heavy atom. The van der Waals surface area contributed by atoms with E-state index in [-0.39, 0.29) is 22.7 Å². The zero-order valence-electron chi connectivity index (χ0n) is 16.3. The number of carbonyl (C=O) groups is 1. The molecule has 0 aliphatic carbocycles. The molecule has 0 aliphatic rings. The Labute approximate surface area is 163 Å². The second kappa shape index (κ2) is 8.86. The van der Waals surface area contributed by atoms with Crippen molar-refractivity contribution in [3.05, 3.63) is 56.9 Å². The highest BCUT2D eigenvalue weighted by Gasteiger charge is 2.17. The number of aryl methyl sites for hydroxylation is 1. The highest BCUT2D eigenvalue weighted by molar-refractivity contribution is 6.10. The molecule has 1 heterocycles. The summed E-state index contributed by atoms with van der Waals surface area (Å²) in [6.45, 7) is 6.84. The van der Waals surface area contributed by atoms with Gasteiger partial charge in [-0.15, -0.1) is 0 Å². The standard InChI is InChI=1S/C20H22N4O4/c1-5-8-23-13(2)9-15(14(23)3)10-16(12-21)20(25)22-18-11-17(24(26)27)6-7-19(18)28-4/h6-7,9-11H,5,8H2,1-4H3,(H,22,25)/b16-10+. The number of methoxy groups -OCH3 is 1. The molecule has 1 amide bonds. The maximum atomic E-state index is 12.6. The van der Waals surface area contributed by atoms with Crippen molar-refractivity contribution < 1.29 is 14.5 Å². The number of aromatic nitrogens is 1. The van der Waals surface area contributed by atoms with Gasteiger partial charge in [0.05, 0.1) is 17.7 Å². The Bertz CT molecular complexity index is 983. The van der Waals surface area contributed by atoms with Crippen LogP contribution in [0.2, 0.25) is 0 Å². The second-order valence-electron chi connectivity index (χ2n) is 6.24. The predicted molar refractivity (Wildman–Crippen MR) is 106 cm³/mol. The van der Waals surface area contributed by atoms with Crippen LogP contribution in [0.3, 0.4) is 0 Å². The summed E-state index contributed by atoms with van der Waals surface area (Å²) >= 11 is 0. The number of nitro groups is 1. The highest BCUT2D eigenvalue weighted by atomic mass is 16.6. The van der Waals surface area contributed by atoms with E-state index in [1.807, 2.05) is 26.0 Å². The number of rotatable bonds is 7. The number of hydrogen-bond acceptors (Lipinski definition) is 5. The minimum absolute atomic E-state index is 0.106. The smallest absolute Gasteiger partial charge is 0.271 e. The zero-order chi connectivity index (χ0) is 20.8. The fourth-order valence-electron chi connectivity index (χ4n) is 2.94. The van der Waals surface area contributed by atoms with Crippen molar-refractivity contribution in [3.63, 3.8) is 0 Å². The summed E-state index contributed by atoms with van der Waals surface area (Å²) in [7, 11) is 1.39. The van der Waals surface area contributed by atoms with Crippen LogP contribution in [0.15, 0.2) is 29.8 Å². The number of benzene rings is 1. The van der Waals surface area contributed by atoms with Crippen molar-refractivity contribution in [2.24, 2.45) is 0 Å². The van der Waals surface area contributed by atoms with E-state index in [9.17, 15) is 20.2 Å². The van der Waals surface area contributed by atoms with Gasteiger partial charge in [0, 0.05) is 30.1 Å². The Balaban J connectivity index is 2.36. The van der Waals surface area contributed by atoms with Crippen LogP contribution in [0.5, 0.6) is 5.75 Å². The number of nitrogens with one attached hydrogen (secondary N) is 1. The van der Waals surface area contributed by atoms with Crippen molar-refractivity contribution in [2.75, 3.05) is 12.4 Å². The van der Waals surface area contributed by atoms with E-state index in [0.717, 1.165) is 29.9 Å². The lowest BCUT2D eigenvalue weighted by atomic mass is 10.1. The van der Waals surface area contributed by atoms with Gasteiger partial charge in [-0.2, -0.15) is 5.26 Å². The zero-order valence-corrected chi connectivity index (χ0v) is 16.3. The average molecular weight is 382 g/mol. The third-order valence-electron chi connectivity index (χ3n) is 4.37. The van der Waals surface area contributed by atoms with E-state index in [1.165, 1.54) is 31.4 Å². The van der Waals surface area contributed by atoms with E-state index in [4.69, 9.17) is 4.74 Å². The lowest BCUT2D eigenvalue weighted by molar-refractivity contribution is -0.384. The van der Waals surface area contributed by atoms with Gasteiger partial charge in [0.15, 0.2) is 0 Å². The SMILES string of the molecule is CCCn1c(C)cc(/C=C(\C#N)C(=O)Nc2cc([N+](=O)[O-])ccc2OC)c1C.